The van der Waals surface area contributed by atoms with Gasteiger partial charge in [-0.15, -0.1) is 0 Å². The quantitative estimate of drug-likeness (QED) is 0.250. The molecule has 0 spiro atoms. The van der Waals surface area contributed by atoms with Gasteiger partial charge in [-0.2, -0.15) is 0 Å². The number of hydrogen-bond donors (Lipinski definition) is 2. The Balaban J connectivity index is 1.34. The maximum absolute atomic E-state index is 13.8. The number of fused-ring (bicyclic) bond motifs is 4. The number of methoxy groups -OCH3 is 1. The maximum atomic E-state index is 13.8. The van der Waals surface area contributed by atoms with E-state index in [2.05, 4.69) is 5.32 Å². The number of carbonyl (C=O) groups excluding carboxylic acids is 4. The molecule has 0 radical (unpaired) electrons. The van der Waals surface area contributed by atoms with Crippen LogP contribution in [0.5, 0.6) is 28.7 Å². The highest BCUT2D eigenvalue weighted by molar-refractivity contribution is 6.30. The van der Waals surface area contributed by atoms with Gasteiger partial charge in [0, 0.05) is 29.1 Å². The van der Waals surface area contributed by atoms with Crippen LogP contribution >= 0.6 is 11.6 Å². The molecule has 1 heterocycles. The first-order valence-electron chi connectivity index (χ1n) is 13.7. The van der Waals surface area contributed by atoms with E-state index < -0.39 is 34.6 Å². The van der Waals surface area contributed by atoms with Crippen LogP contribution in [0.2, 0.25) is 5.02 Å². The van der Waals surface area contributed by atoms with E-state index in [1.807, 2.05) is 36.4 Å². The normalized spacial score (nSPS) is 18.6. The predicted molar refractivity (Wildman–Crippen MR) is 162 cm³/mol. The number of allylic oxidation sites excluding steroid dienone is 2. The number of Topliss-reactive ketones (excluding diaryl/α,β-unsaturated/α-hetero) is 2. The SMILES string of the molecule is COc1cc(O)c2c(c1C(=O)NCc1ccc(Oc3ccc(Cl)cc3)c3ccccc13)OC1=CC(=O)C(C(C)=O)C(=O)[C@]12C. The van der Waals surface area contributed by atoms with E-state index in [1.165, 1.54) is 20.1 Å². The Morgan fingerprint density at radius 1 is 1.02 bits per heavy atom. The maximum Gasteiger partial charge on any atom is 0.259 e. The Morgan fingerprint density at radius 2 is 1.73 bits per heavy atom. The molecule has 222 valence electrons. The lowest BCUT2D eigenvalue weighted by atomic mass is 9.67. The largest absolute Gasteiger partial charge is 0.507 e. The Labute approximate surface area is 257 Å². The molecule has 0 saturated carbocycles. The molecule has 6 rings (SSSR count). The molecule has 4 aromatic carbocycles. The molecular weight excluding hydrogens is 586 g/mol. The number of amides is 1. The van der Waals surface area contributed by atoms with Crippen molar-refractivity contribution in [2.45, 2.75) is 25.8 Å². The second-order valence-electron chi connectivity index (χ2n) is 10.7. The van der Waals surface area contributed by atoms with Crippen LogP contribution in [0.25, 0.3) is 10.8 Å². The van der Waals surface area contributed by atoms with E-state index >= 15 is 0 Å². The highest BCUT2D eigenvalue weighted by atomic mass is 35.5. The molecule has 0 aromatic heterocycles. The number of ether oxygens (including phenoxy) is 3. The van der Waals surface area contributed by atoms with Gasteiger partial charge in [-0.3, -0.25) is 19.2 Å². The zero-order chi connectivity index (χ0) is 31.3. The summed E-state index contributed by atoms with van der Waals surface area (Å²) in [4.78, 5) is 52.1. The third-order valence-electron chi connectivity index (χ3n) is 8.05. The Hall–Kier alpha value is -5.15. The predicted octanol–water partition coefficient (Wildman–Crippen LogP) is 5.82. The van der Waals surface area contributed by atoms with Gasteiger partial charge in [-0.25, -0.2) is 0 Å². The van der Waals surface area contributed by atoms with Gasteiger partial charge in [0.25, 0.3) is 5.91 Å². The van der Waals surface area contributed by atoms with Crippen molar-refractivity contribution in [1.29, 1.82) is 0 Å². The standard InChI is InChI=1S/C34H26ClNO8/c1-17(37)28-23(38)15-27-34(2,32(28)40)30-24(39)14-26(42-3)29(31(30)44-27)33(41)36-16-18-8-13-25(22-7-5-4-6-21(18)22)43-20-11-9-19(35)10-12-20/h4-15,28,39H,16H2,1-3H3,(H,36,41)/t28?,34-/m1/s1. The monoisotopic (exact) mass is 611 g/mol. The summed E-state index contributed by atoms with van der Waals surface area (Å²) in [6.07, 6.45) is 1.08. The van der Waals surface area contributed by atoms with E-state index in [4.69, 9.17) is 25.8 Å². The van der Waals surface area contributed by atoms with Gasteiger partial charge in [-0.05, 0) is 55.1 Å². The minimum Gasteiger partial charge on any atom is -0.507 e. The number of benzene rings is 4. The number of aromatic hydroxyl groups is 1. The number of halogens is 1. The molecule has 1 aliphatic heterocycles. The topological polar surface area (TPSA) is 128 Å². The fraction of sp³-hybridized carbons (Fsp3) is 0.176. The molecule has 0 fully saturated rings. The molecule has 2 atom stereocenters. The number of ketones is 3. The van der Waals surface area contributed by atoms with Crippen molar-refractivity contribution < 1.29 is 38.5 Å². The molecule has 1 unspecified atom stereocenters. The fourth-order valence-corrected chi connectivity index (χ4v) is 5.95. The number of nitrogens with one attached hydrogen (secondary N) is 1. The van der Waals surface area contributed by atoms with Gasteiger partial charge in [0.15, 0.2) is 17.3 Å². The molecular formula is C34H26ClNO8. The summed E-state index contributed by atoms with van der Waals surface area (Å²) in [6.45, 7) is 2.72. The zero-order valence-corrected chi connectivity index (χ0v) is 24.7. The third kappa shape index (κ3) is 4.57. The van der Waals surface area contributed by atoms with Crippen LogP contribution in [0, 0.1) is 5.92 Å². The second-order valence-corrected chi connectivity index (χ2v) is 11.2. The average molecular weight is 612 g/mol. The van der Waals surface area contributed by atoms with Gasteiger partial charge in [0.2, 0.25) is 0 Å². The molecule has 2 N–H and O–H groups in total. The van der Waals surface area contributed by atoms with Gasteiger partial charge in [0.1, 0.15) is 51.4 Å². The lowest BCUT2D eigenvalue weighted by Gasteiger charge is -2.30. The number of rotatable bonds is 7. The summed E-state index contributed by atoms with van der Waals surface area (Å²) >= 11 is 6.00. The minimum atomic E-state index is -1.65. The van der Waals surface area contributed by atoms with Crippen molar-refractivity contribution in [1.82, 2.24) is 5.32 Å². The summed E-state index contributed by atoms with van der Waals surface area (Å²) in [5.74, 6) is -3.51. The van der Waals surface area contributed by atoms with Gasteiger partial charge in [0.05, 0.1) is 12.7 Å². The van der Waals surface area contributed by atoms with E-state index in [0.29, 0.717) is 16.5 Å². The molecule has 1 aliphatic carbocycles. The number of hydrogen-bond acceptors (Lipinski definition) is 8. The minimum absolute atomic E-state index is 0.0000563. The first kappa shape index (κ1) is 28.9. The molecule has 2 aliphatic rings. The summed E-state index contributed by atoms with van der Waals surface area (Å²) in [7, 11) is 1.33. The first-order chi connectivity index (χ1) is 21.0. The Morgan fingerprint density at radius 3 is 2.41 bits per heavy atom. The summed E-state index contributed by atoms with van der Waals surface area (Å²) in [5, 5.41) is 16.1. The average Bonchev–Trinajstić information content (AvgIpc) is 3.30. The lowest BCUT2D eigenvalue weighted by molar-refractivity contribution is -0.140. The number of phenolic OH excluding ortho intramolecular Hbond substituents is 1. The second kappa shape index (κ2) is 10.8. The van der Waals surface area contributed by atoms with E-state index in [0.717, 1.165) is 29.3 Å². The van der Waals surface area contributed by atoms with Crippen molar-refractivity contribution in [2.75, 3.05) is 7.11 Å². The fourth-order valence-electron chi connectivity index (χ4n) is 5.82. The molecule has 9 nitrogen and oxygen atoms in total. The van der Waals surface area contributed by atoms with Crippen LogP contribution in [-0.4, -0.2) is 35.5 Å². The summed E-state index contributed by atoms with van der Waals surface area (Å²) < 4.78 is 17.5. The van der Waals surface area contributed by atoms with Crippen LogP contribution in [0.3, 0.4) is 0 Å². The smallest absolute Gasteiger partial charge is 0.259 e. The van der Waals surface area contributed by atoms with Crippen molar-refractivity contribution in [3.05, 3.63) is 100 Å². The Bertz CT molecular complexity index is 1930. The first-order valence-corrected chi connectivity index (χ1v) is 14.1. The van der Waals surface area contributed by atoms with Crippen LogP contribution in [0.1, 0.15) is 35.3 Å². The Kier molecular flexibility index (Phi) is 7.13. The van der Waals surface area contributed by atoms with Gasteiger partial charge >= 0.3 is 0 Å². The zero-order valence-electron chi connectivity index (χ0n) is 23.9. The highest BCUT2D eigenvalue weighted by Crippen LogP contribution is 2.56. The highest BCUT2D eigenvalue weighted by Gasteiger charge is 2.58. The molecule has 44 heavy (non-hydrogen) atoms. The van der Waals surface area contributed by atoms with Crippen LogP contribution in [0.4, 0.5) is 0 Å². The van der Waals surface area contributed by atoms with Gasteiger partial charge < -0.3 is 24.6 Å². The van der Waals surface area contributed by atoms with E-state index in [1.54, 1.807) is 24.3 Å². The number of phenols is 1. The number of carbonyl (C=O) groups is 4. The molecule has 10 heteroatoms. The van der Waals surface area contributed by atoms with Crippen LogP contribution in [0.15, 0.2) is 78.6 Å². The van der Waals surface area contributed by atoms with Crippen molar-refractivity contribution >= 4 is 45.6 Å². The van der Waals surface area contributed by atoms with Crippen LogP contribution < -0.4 is 19.5 Å². The molecule has 4 aromatic rings. The summed E-state index contributed by atoms with van der Waals surface area (Å²) in [6, 6.07) is 19.5. The van der Waals surface area contributed by atoms with E-state index in [-0.39, 0.29) is 40.7 Å². The van der Waals surface area contributed by atoms with Crippen molar-refractivity contribution in [2.24, 2.45) is 5.92 Å². The lowest BCUT2D eigenvalue weighted by Crippen LogP contribution is -2.47. The van der Waals surface area contributed by atoms with Crippen molar-refractivity contribution in [3.8, 4) is 28.7 Å². The van der Waals surface area contributed by atoms with E-state index in [9.17, 15) is 24.3 Å². The molecule has 0 bridgehead atoms. The van der Waals surface area contributed by atoms with Gasteiger partial charge in [-0.1, -0.05) is 41.9 Å². The molecule has 0 saturated heterocycles. The summed E-state index contributed by atoms with van der Waals surface area (Å²) in [5.41, 5.74) is -0.932. The van der Waals surface area contributed by atoms with Crippen molar-refractivity contribution in [3.63, 3.8) is 0 Å². The third-order valence-corrected chi connectivity index (χ3v) is 8.30. The molecule has 1 amide bonds. The van der Waals surface area contributed by atoms with Crippen LogP contribution in [-0.2, 0) is 26.3 Å².